The number of hydrogen-bond donors (Lipinski definition) is 2. The first-order valence-electron chi connectivity index (χ1n) is 5.63. The fourth-order valence-corrected chi connectivity index (χ4v) is 2.03. The molecule has 0 spiro atoms. The maximum absolute atomic E-state index is 10.3. The highest BCUT2D eigenvalue weighted by atomic mass is 35.5. The molecule has 17 heavy (non-hydrogen) atoms. The van der Waals surface area contributed by atoms with Crippen molar-refractivity contribution < 1.29 is 9.84 Å². The number of hydrogen-bond acceptors (Lipinski definition) is 5. The molecule has 2 heterocycles. The highest BCUT2D eigenvalue weighted by Gasteiger charge is 2.29. The van der Waals surface area contributed by atoms with Gasteiger partial charge in [0.05, 0.1) is 5.60 Å². The molecule has 0 bridgehead atoms. The summed E-state index contributed by atoms with van der Waals surface area (Å²) in [5.41, 5.74) is -0.719. The van der Waals surface area contributed by atoms with Crippen molar-refractivity contribution in [3.8, 4) is 0 Å². The molecular formula is C11H16ClN3O2. The van der Waals surface area contributed by atoms with Crippen molar-refractivity contribution in [2.45, 2.75) is 25.4 Å². The van der Waals surface area contributed by atoms with Gasteiger partial charge in [-0.15, -0.1) is 0 Å². The Kier molecular flexibility index (Phi) is 3.81. The highest BCUT2D eigenvalue weighted by molar-refractivity contribution is 6.29. The lowest BCUT2D eigenvalue weighted by molar-refractivity contribution is -0.0543. The molecule has 1 fully saturated rings. The van der Waals surface area contributed by atoms with Crippen LogP contribution in [0.15, 0.2) is 6.07 Å². The Balaban J connectivity index is 1.96. The highest BCUT2D eigenvalue weighted by Crippen LogP contribution is 2.21. The van der Waals surface area contributed by atoms with Gasteiger partial charge in [0.2, 0.25) is 0 Å². The molecule has 1 aliphatic rings. The van der Waals surface area contributed by atoms with Crippen molar-refractivity contribution in [2.75, 3.05) is 25.1 Å². The van der Waals surface area contributed by atoms with Gasteiger partial charge in [0.25, 0.3) is 0 Å². The van der Waals surface area contributed by atoms with Crippen LogP contribution in [0.1, 0.15) is 18.7 Å². The average molecular weight is 258 g/mol. The van der Waals surface area contributed by atoms with Crippen molar-refractivity contribution in [1.29, 1.82) is 0 Å². The van der Waals surface area contributed by atoms with Gasteiger partial charge in [0, 0.05) is 38.7 Å². The summed E-state index contributed by atoms with van der Waals surface area (Å²) < 4.78 is 5.22. The first-order chi connectivity index (χ1) is 8.07. The van der Waals surface area contributed by atoms with E-state index >= 15 is 0 Å². The Morgan fingerprint density at radius 3 is 2.82 bits per heavy atom. The van der Waals surface area contributed by atoms with E-state index in [4.69, 9.17) is 16.3 Å². The van der Waals surface area contributed by atoms with Crippen LogP contribution < -0.4 is 5.32 Å². The van der Waals surface area contributed by atoms with E-state index in [1.54, 1.807) is 13.0 Å². The summed E-state index contributed by atoms with van der Waals surface area (Å²) in [6, 6.07) is 1.65. The summed E-state index contributed by atoms with van der Waals surface area (Å²) in [7, 11) is 0. The molecule has 94 valence electrons. The minimum absolute atomic E-state index is 0.402. The van der Waals surface area contributed by atoms with E-state index in [2.05, 4.69) is 15.3 Å². The van der Waals surface area contributed by atoms with Crippen LogP contribution in [0, 0.1) is 6.92 Å². The van der Waals surface area contributed by atoms with E-state index in [1.165, 1.54) is 0 Å². The van der Waals surface area contributed by atoms with E-state index in [0.29, 0.717) is 49.4 Å². The predicted molar refractivity (Wildman–Crippen MR) is 65.3 cm³/mol. The van der Waals surface area contributed by atoms with Crippen LogP contribution in [0.3, 0.4) is 0 Å². The van der Waals surface area contributed by atoms with E-state index in [1.807, 2.05) is 0 Å². The molecule has 0 saturated carbocycles. The number of ether oxygens (including phenoxy) is 1. The Hall–Kier alpha value is -0.910. The number of aromatic nitrogens is 2. The Morgan fingerprint density at radius 1 is 1.47 bits per heavy atom. The second-order valence-electron chi connectivity index (χ2n) is 4.31. The predicted octanol–water partition coefficient (Wildman–Crippen LogP) is 1.39. The third-order valence-corrected chi connectivity index (χ3v) is 3.02. The second kappa shape index (κ2) is 5.16. The standard InChI is InChI=1S/C11H16ClN3O2/c1-8-14-9(12)6-10(15-8)13-7-11(16)2-4-17-5-3-11/h6,16H,2-5,7H2,1H3,(H,13,14,15). The third kappa shape index (κ3) is 3.52. The number of halogens is 1. The first-order valence-corrected chi connectivity index (χ1v) is 6.00. The minimum Gasteiger partial charge on any atom is -0.388 e. The summed E-state index contributed by atoms with van der Waals surface area (Å²) in [5.74, 6) is 1.25. The molecule has 1 aromatic heterocycles. The fourth-order valence-electron chi connectivity index (χ4n) is 1.81. The molecule has 2 rings (SSSR count). The monoisotopic (exact) mass is 257 g/mol. The lowest BCUT2D eigenvalue weighted by atomic mass is 9.94. The van der Waals surface area contributed by atoms with Crippen LogP contribution in [-0.4, -0.2) is 40.4 Å². The zero-order valence-electron chi connectivity index (χ0n) is 9.74. The molecule has 6 heteroatoms. The molecule has 1 aliphatic heterocycles. The summed E-state index contributed by atoms with van der Waals surface area (Å²) in [5, 5.41) is 13.7. The van der Waals surface area contributed by atoms with Crippen LogP contribution in [0.4, 0.5) is 5.82 Å². The molecule has 0 aromatic carbocycles. The van der Waals surface area contributed by atoms with Crippen molar-refractivity contribution in [3.63, 3.8) is 0 Å². The minimum atomic E-state index is -0.719. The van der Waals surface area contributed by atoms with Gasteiger partial charge < -0.3 is 15.2 Å². The largest absolute Gasteiger partial charge is 0.388 e. The topological polar surface area (TPSA) is 67.3 Å². The van der Waals surface area contributed by atoms with E-state index in [-0.39, 0.29) is 0 Å². The molecule has 0 aliphatic carbocycles. The summed E-state index contributed by atoms with van der Waals surface area (Å²) in [6.07, 6.45) is 1.27. The van der Waals surface area contributed by atoms with Gasteiger partial charge >= 0.3 is 0 Å². The number of aryl methyl sites for hydroxylation is 1. The molecule has 0 amide bonds. The van der Waals surface area contributed by atoms with Gasteiger partial charge in [0.1, 0.15) is 16.8 Å². The van der Waals surface area contributed by atoms with Gasteiger partial charge in [-0.1, -0.05) is 11.6 Å². The molecule has 2 N–H and O–H groups in total. The number of nitrogens with zero attached hydrogens (tertiary/aromatic N) is 2. The number of nitrogens with one attached hydrogen (secondary N) is 1. The zero-order chi connectivity index (χ0) is 12.3. The Morgan fingerprint density at radius 2 is 2.18 bits per heavy atom. The van der Waals surface area contributed by atoms with E-state index in [0.717, 1.165) is 0 Å². The fraction of sp³-hybridized carbons (Fsp3) is 0.636. The summed E-state index contributed by atoms with van der Waals surface area (Å²) in [6.45, 7) is 3.42. The maximum Gasteiger partial charge on any atom is 0.134 e. The SMILES string of the molecule is Cc1nc(Cl)cc(NCC2(O)CCOCC2)n1. The number of rotatable bonds is 3. The molecule has 0 radical (unpaired) electrons. The maximum atomic E-state index is 10.3. The number of anilines is 1. The van der Waals surface area contributed by atoms with Gasteiger partial charge in [-0.3, -0.25) is 0 Å². The van der Waals surface area contributed by atoms with Gasteiger partial charge in [-0.05, 0) is 6.92 Å². The quantitative estimate of drug-likeness (QED) is 0.801. The summed E-state index contributed by atoms with van der Waals surface area (Å²) in [4.78, 5) is 8.18. The normalized spacial score (nSPS) is 19.0. The van der Waals surface area contributed by atoms with Crippen LogP contribution >= 0.6 is 11.6 Å². The van der Waals surface area contributed by atoms with Gasteiger partial charge in [-0.25, -0.2) is 9.97 Å². The smallest absolute Gasteiger partial charge is 0.134 e. The Labute approximate surface area is 105 Å². The zero-order valence-corrected chi connectivity index (χ0v) is 10.5. The molecule has 0 atom stereocenters. The van der Waals surface area contributed by atoms with E-state index in [9.17, 15) is 5.11 Å². The third-order valence-electron chi connectivity index (χ3n) is 2.83. The van der Waals surface area contributed by atoms with Crippen molar-refractivity contribution in [2.24, 2.45) is 0 Å². The van der Waals surface area contributed by atoms with Crippen LogP contribution in [0.25, 0.3) is 0 Å². The lowest BCUT2D eigenvalue weighted by Gasteiger charge is -2.32. The molecule has 5 nitrogen and oxygen atoms in total. The second-order valence-corrected chi connectivity index (χ2v) is 4.70. The van der Waals surface area contributed by atoms with Crippen molar-refractivity contribution >= 4 is 17.4 Å². The molecular weight excluding hydrogens is 242 g/mol. The Bertz CT molecular complexity index is 374. The molecule has 1 saturated heterocycles. The van der Waals surface area contributed by atoms with Crippen molar-refractivity contribution in [3.05, 3.63) is 17.0 Å². The number of aliphatic hydroxyl groups is 1. The van der Waals surface area contributed by atoms with E-state index < -0.39 is 5.60 Å². The van der Waals surface area contributed by atoms with Gasteiger partial charge in [-0.2, -0.15) is 0 Å². The lowest BCUT2D eigenvalue weighted by Crippen LogP contribution is -2.42. The van der Waals surface area contributed by atoms with Crippen LogP contribution in [-0.2, 0) is 4.74 Å². The molecule has 0 unspecified atom stereocenters. The molecule has 1 aromatic rings. The average Bonchev–Trinajstić information content (AvgIpc) is 2.26. The summed E-state index contributed by atoms with van der Waals surface area (Å²) >= 11 is 5.83. The van der Waals surface area contributed by atoms with Crippen LogP contribution in [0.5, 0.6) is 0 Å². The van der Waals surface area contributed by atoms with Crippen LogP contribution in [0.2, 0.25) is 5.15 Å². The first kappa shape index (κ1) is 12.5. The van der Waals surface area contributed by atoms with Gasteiger partial charge in [0.15, 0.2) is 0 Å². The van der Waals surface area contributed by atoms with Crippen molar-refractivity contribution in [1.82, 2.24) is 9.97 Å².